The van der Waals surface area contributed by atoms with Gasteiger partial charge in [0.1, 0.15) is 0 Å². The second-order valence-corrected chi connectivity index (χ2v) is 6.16. The fraction of sp³-hybridized carbons (Fsp3) is 0.278. The fourth-order valence-corrected chi connectivity index (χ4v) is 3.55. The topological polar surface area (TPSA) is 55.1 Å². The Labute approximate surface area is 124 Å². The van der Waals surface area contributed by atoms with Crippen LogP contribution in [0.2, 0.25) is 0 Å². The molecule has 0 aliphatic heterocycles. The summed E-state index contributed by atoms with van der Waals surface area (Å²) < 4.78 is 0. The van der Waals surface area contributed by atoms with Crippen molar-refractivity contribution in [2.24, 2.45) is 5.73 Å². The van der Waals surface area contributed by atoms with Crippen molar-refractivity contribution < 1.29 is 4.79 Å². The molecule has 2 aromatic carbocycles. The summed E-state index contributed by atoms with van der Waals surface area (Å²) in [5.74, 6) is -0.0670. The first-order chi connectivity index (χ1) is 10.2. The van der Waals surface area contributed by atoms with Crippen LogP contribution in [-0.4, -0.2) is 11.9 Å². The van der Waals surface area contributed by atoms with Crippen LogP contribution in [0.3, 0.4) is 0 Å². The number of aryl methyl sites for hydroxylation is 1. The van der Waals surface area contributed by atoms with Crippen LogP contribution in [0, 0.1) is 0 Å². The van der Waals surface area contributed by atoms with Gasteiger partial charge in [0.15, 0.2) is 0 Å². The summed E-state index contributed by atoms with van der Waals surface area (Å²) >= 11 is 0. The van der Waals surface area contributed by atoms with Gasteiger partial charge >= 0.3 is 0 Å². The normalized spacial score (nSPS) is 25.7. The average Bonchev–Trinajstić information content (AvgIpc) is 3.03. The van der Waals surface area contributed by atoms with E-state index < -0.39 is 0 Å². The van der Waals surface area contributed by atoms with Crippen LogP contribution in [0.15, 0.2) is 48.5 Å². The molecule has 3 nitrogen and oxygen atoms in total. The molecule has 4 rings (SSSR count). The molecule has 2 aromatic rings. The predicted molar refractivity (Wildman–Crippen MR) is 83.4 cm³/mol. The SMILES string of the molecule is N[C@@H]1C[C@]12CCc1ccc(NC(=O)c3ccccc3)cc12. The lowest BCUT2D eigenvalue weighted by Crippen LogP contribution is -2.16. The molecule has 0 unspecified atom stereocenters. The first-order valence-corrected chi connectivity index (χ1v) is 7.44. The van der Waals surface area contributed by atoms with Gasteiger partial charge in [-0.25, -0.2) is 0 Å². The van der Waals surface area contributed by atoms with Gasteiger partial charge in [0, 0.05) is 22.7 Å². The molecule has 0 radical (unpaired) electrons. The third-order valence-electron chi connectivity index (χ3n) is 4.91. The van der Waals surface area contributed by atoms with Crippen LogP contribution in [0.5, 0.6) is 0 Å². The minimum Gasteiger partial charge on any atom is -0.327 e. The Hall–Kier alpha value is -2.13. The van der Waals surface area contributed by atoms with E-state index in [1.165, 1.54) is 11.1 Å². The lowest BCUT2D eigenvalue weighted by atomic mass is 9.97. The Bertz CT molecular complexity index is 710. The molecule has 21 heavy (non-hydrogen) atoms. The van der Waals surface area contributed by atoms with Gasteiger partial charge < -0.3 is 11.1 Å². The van der Waals surface area contributed by atoms with E-state index in [1.54, 1.807) is 0 Å². The van der Waals surface area contributed by atoms with E-state index in [1.807, 2.05) is 36.4 Å². The number of anilines is 1. The standard InChI is InChI=1S/C18H18N2O/c19-16-11-18(16)9-8-12-6-7-14(10-15(12)18)20-17(21)13-4-2-1-3-5-13/h1-7,10,16H,8-9,11,19H2,(H,20,21)/t16-,18+/m1/s1. The summed E-state index contributed by atoms with van der Waals surface area (Å²) in [6, 6.07) is 15.8. The van der Waals surface area contributed by atoms with Crippen molar-refractivity contribution in [2.45, 2.75) is 30.7 Å². The van der Waals surface area contributed by atoms with Crippen molar-refractivity contribution in [1.82, 2.24) is 0 Å². The van der Waals surface area contributed by atoms with Crippen molar-refractivity contribution in [2.75, 3.05) is 5.32 Å². The third kappa shape index (κ3) is 1.96. The van der Waals surface area contributed by atoms with E-state index in [2.05, 4.69) is 17.4 Å². The maximum atomic E-state index is 12.2. The Morgan fingerprint density at radius 2 is 1.95 bits per heavy atom. The minimum absolute atomic E-state index is 0.0670. The number of nitrogens with one attached hydrogen (secondary N) is 1. The van der Waals surface area contributed by atoms with Crippen LogP contribution in [0.25, 0.3) is 0 Å². The molecule has 0 bridgehead atoms. The number of nitrogens with two attached hydrogens (primary N) is 1. The van der Waals surface area contributed by atoms with Gasteiger partial charge in [-0.3, -0.25) is 4.79 Å². The van der Waals surface area contributed by atoms with Gasteiger partial charge in [0.05, 0.1) is 0 Å². The molecule has 3 heteroatoms. The summed E-state index contributed by atoms with van der Waals surface area (Å²) in [5.41, 5.74) is 10.6. The zero-order valence-electron chi connectivity index (χ0n) is 11.8. The molecule has 3 N–H and O–H groups in total. The van der Waals surface area contributed by atoms with Crippen LogP contribution >= 0.6 is 0 Å². The van der Waals surface area contributed by atoms with Crippen molar-refractivity contribution in [1.29, 1.82) is 0 Å². The molecule has 0 aromatic heterocycles. The Balaban J connectivity index is 1.60. The highest BCUT2D eigenvalue weighted by molar-refractivity contribution is 6.04. The van der Waals surface area contributed by atoms with Gasteiger partial charge in [-0.2, -0.15) is 0 Å². The van der Waals surface area contributed by atoms with Crippen molar-refractivity contribution >= 4 is 11.6 Å². The van der Waals surface area contributed by atoms with Gasteiger partial charge in [-0.1, -0.05) is 24.3 Å². The largest absolute Gasteiger partial charge is 0.327 e. The molecular formula is C18H18N2O. The number of carbonyl (C=O) groups excluding carboxylic acids is 1. The molecule has 1 amide bonds. The summed E-state index contributed by atoms with van der Waals surface area (Å²) in [6.07, 6.45) is 3.34. The van der Waals surface area contributed by atoms with Gasteiger partial charge in [-0.05, 0) is 54.7 Å². The van der Waals surface area contributed by atoms with Crippen molar-refractivity contribution in [3.05, 3.63) is 65.2 Å². The third-order valence-corrected chi connectivity index (χ3v) is 4.91. The van der Waals surface area contributed by atoms with Crippen LogP contribution in [0.4, 0.5) is 5.69 Å². The summed E-state index contributed by atoms with van der Waals surface area (Å²) in [7, 11) is 0. The zero-order valence-corrected chi connectivity index (χ0v) is 11.8. The van der Waals surface area contributed by atoms with Crippen molar-refractivity contribution in [3.63, 3.8) is 0 Å². The first-order valence-electron chi connectivity index (χ1n) is 7.44. The van der Waals surface area contributed by atoms with E-state index in [9.17, 15) is 4.79 Å². The fourth-order valence-electron chi connectivity index (χ4n) is 3.55. The highest BCUT2D eigenvalue weighted by Gasteiger charge is 2.56. The number of rotatable bonds is 2. The van der Waals surface area contributed by atoms with Crippen LogP contribution < -0.4 is 11.1 Å². The molecule has 0 saturated heterocycles. The number of hydrogen-bond acceptors (Lipinski definition) is 2. The summed E-state index contributed by atoms with van der Waals surface area (Å²) in [4.78, 5) is 12.2. The maximum Gasteiger partial charge on any atom is 0.255 e. The smallest absolute Gasteiger partial charge is 0.255 e. The molecule has 2 aliphatic rings. The Morgan fingerprint density at radius 1 is 1.19 bits per heavy atom. The maximum absolute atomic E-state index is 12.2. The highest BCUT2D eigenvalue weighted by Crippen LogP contribution is 2.56. The number of benzene rings is 2. The summed E-state index contributed by atoms with van der Waals surface area (Å²) in [5, 5.41) is 2.99. The molecule has 1 spiro atoms. The molecule has 106 valence electrons. The van der Waals surface area contributed by atoms with Crippen molar-refractivity contribution in [3.8, 4) is 0 Å². The second kappa shape index (κ2) is 4.43. The number of carbonyl (C=O) groups is 1. The first kappa shape index (κ1) is 12.6. The average molecular weight is 278 g/mol. The summed E-state index contributed by atoms with van der Waals surface area (Å²) in [6.45, 7) is 0. The van der Waals surface area contributed by atoms with E-state index in [4.69, 9.17) is 5.73 Å². The molecule has 1 fully saturated rings. The number of fused-ring (bicyclic) bond motifs is 2. The Kier molecular flexibility index (Phi) is 2.66. The highest BCUT2D eigenvalue weighted by atomic mass is 16.1. The minimum atomic E-state index is -0.0670. The van der Waals surface area contributed by atoms with Gasteiger partial charge in [-0.15, -0.1) is 0 Å². The molecule has 0 heterocycles. The lowest BCUT2D eigenvalue weighted by Gasteiger charge is -2.12. The molecule has 2 atom stereocenters. The predicted octanol–water partition coefficient (Wildman–Crippen LogP) is 2.85. The zero-order chi connectivity index (χ0) is 14.4. The van der Waals surface area contributed by atoms with E-state index in [-0.39, 0.29) is 11.3 Å². The molecule has 1 saturated carbocycles. The molecule has 2 aliphatic carbocycles. The van der Waals surface area contributed by atoms with Crippen LogP contribution in [0.1, 0.15) is 34.3 Å². The molecular weight excluding hydrogens is 260 g/mol. The van der Waals surface area contributed by atoms with Crippen LogP contribution in [-0.2, 0) is 11.8 Å². The lowest BCUT2D eigenvalue weighted by molar-refractivity contribution is 0.102. The second-order valence-electron chi connectivity index (χ2n) is 6.16. The number of hydrogen-bond donors (Lipinski definition) is 2. The van der Waals surface area contributed by atoms with E-state index in [0.717, 1.165) is 24.9 Å². The van der Waals surface area contributed by atoms with E-state index in [0.29, 0.717) is 11.6 Å². The van der Waals surface area contributed by atoms with E-state index >= 15 is 0 Å². The van der Waals surface area contributed by atoms with Gasteiger partial charge in [0.2, 0.25) is 0 Å². The quantitative estimate of drug-likeness (QED) is 0.887. The monoisotopic (exact) mass is 278 g/mol. The van der Waals surface area contributed by atoms with Gasteiger partial charge in [0.25, 0.3) is 5.91 Å². The number of amides is 1. The Morgan fingerprint density at radius 3 is 2.67 bits per heavy atom.